The highest BCUT2D eigenvalue weighted by molar-refractivity contribution is 5.92. The molecule has 0 unspecified atom stereocenters. The molecule has 8 heteroatoms. The van der Waals surface area contributed by atoms with Crippen molar-refractivity contribution in [2.75, 3.05) is 19.0 Å². The molecule has 2 aromatic rings. The van der Waals surface area contributed by atoms with Crippen molar-refractivity contribution >= 4 is 23.3 Å². The molecular formula is C20H22N2O6. The molecule has 0 aliphatic carbocycles. The lowest BCUT2D eigenvalue weighted by Crippen LogP contribution is -2.20. The molecule has 8 nitrogen and oxygen atoms in total. The Bertz CT molecular complexity index is 885. The number of methoxy groups -OCH3 is 1. The van der Waals surface area contributed by atoms with E-state index in [2.05, 4.69) is 30.8 Å². The van der Waals surface area contributed by atoms with Crippen molar-refractivity contribution < 1.29 is 24.0 Å². The van der Waals surface area contributed by atoms with Crippen LogP contribution in [0.25, 0.3) is 0 Å². The lowest BCUT2D eigenvalue weighted by atomic mass is 9.87. The Hall–Kier alpha value is -3.42. The van der Waals surface area contributed by atoms with E-state index in [9.17, 15) is 19.7 Å². The van der Waals surface area contributed by atoms with E-state index in [1.165, 1.54) is 19.2 Å². The fourth-order valence-electron chi connectivity index (χ4n) is 2.42. The minimum Gasteiger partial charge on any atom is -0.477 e. The third kappa shape index (κ3) is 5.29. The summed E-state index contributed by atoms with van der Waals surface area (Å²) < 4.78 is 9.81. The van der Waals surface area contributed by atoms with Gasteiger partial charge in [0.25, 0.3) is 5.91 Å². The molecule has 2 aromatic carbocycles. The van der Waals surface area contributed by atoms with Gasteiger partial charge in [0.1, 0.15) is 0 Å². The first kappa shape index (κ1) is 20.9. The van der Waals surface area contributed by atoms with Crippen molar-refractivity contribution in [2.45, 2.75) is 26.2 Å². The number of anilines is 1. The van der Waals surface area contributed by atoms with Crippen LogP contribution in [0.15, 0.2) is 42.5 Å². The molecule has 0 spiro atoms. The monoisotopic (exact) mass is 386 g/mol. The summed E-state index contributed by atoms with van der Waals surface area (Å²) in [5, 5.41) is 13.9. The summed E-state index contributed by atoms with van der Waals surface area (Å²) in [6.45, 7) is 5.85. The van der Waals surface area contributed by atoms with Crippen molar-refractivity contribution in [2.24, 2.45) is 0 Å². The van der Waals surface area contributed by atoms with E-state index in [1.807, 2.05) is 12.1 Å². The Morgan fingerprint density at radius 2 is 1.75 bits per heavy atom. The minimum atomic E-state index is -0.703. The van der Waals surface area contributed by atoms with E-state index >= 15 is 0 Å². The Balaban J connectivity index is 2.04. The maximum atomic E-state index is 12.1. The van der Waals surface area contributed by atoms with Gasteiger partial charge in [-0.25, -0.2) is 4.79 Å². The van der Waals surface area contributed by atoms with Crippen LogP contribution in [0.3, 0.4) is 0 Å². The highest BCUT2D eigenvalue weighted by Gasteiger charge is 2.20. The van der Waals surface area contributed by atoms with Crippen molar-refractivity contribution in [1.82, 2.24) is 0 Å². The van der Waals surface area contributed by atoms with Gasteiger partial charge in [-0.2, -0.15) is 0 Å². The number of nitrogens with one attached hydrogen (secondary N) is 1. The molecule has 0 atom stereocenters. The Morgan fingerprint density at radius 3 is 2.29 bits per heavy atom. The predicted octanol–water partition coefficient (Wildman–Crippen LogP) is 3.70. The van der Waals surface area contributed by atoms with Gasteiger partial charge in [0.05, 0.1) is 17.6 Å². The number of carbonyl (C=O) groups excluding carboxylic acids is 2. The third-order valence-corrected chi connectivity index (χ3v) is 3.97. The van der Waals surface area contributed by atoms with Crippen LogP contribution in [-0.4, -0.2) is 30.5 Å². The van der Waals surface area contributed by atoms with Crippen LogP contribution in [0.2, 0.25) is 0 Å². The zero-order valence-electron chi connectivity index (χ0n) is 16.1. The number of benzene rings is 2. The number of rotatable bonds is 6. The molecule has 0 aromatic heterocycles. The predicted molar refractivity (Wildman–Crippen MR) is 104 cm³/mol. The van der Waals surface area contributed by atoms with Gasteiger partial charge >= 0.3 is 11.7 Å². The van der Waals surface area contributed by atoms with E-state index in [0.29, 0.717) is 5.69 Å². The average molecular weight is 386 g/mol. The number of hydrogen-bond donors (Lipinski definition) is 1. The van der Waals surface area contributed by atoms with Crippen LogP contribution >= 0.6 is 0 Å². The molecule has 0 fully saturated rings. The van der Waals surface area contributed by atoms with Crippen LogP contribution in [0, 0.1) is 10.1 Å². The van der Waals surface area contributed by atoms with Gasteiger partial charge in [-0.15, -0.1) is 0 Å². The Morgan fingerprint density at radius 1 is 1.11 bits per heavy atom. The molecule has 1 amide bonds. The second-order valence-corrected chi connectivity index (χ2v) is 7.10. The summed E-state index contributed by atoms with van der Waals surface area (Å²) in [5.41, 5.74) is 1.32. The van der Waals surface area contributed by atoms with E-state index in [1.54, 1.807) is 12.1 Å². The summed E-state index contributed by atoms with van der Waals surface area (Å²) in [7, 11) is 1.18. The summed E-state index contributed by atoms with van der Waals surface area (Å²) in [4.78, 5) is 34.1. The molecule has 0 aliphatic rings. The Labute approximate surface area is 162 Å². The van der Waals surface area contributed by atoms with E-state index in [4.69, 9.17) is 4.74 Å². The van der Waals surface area contributed by atoms with Gasteiger partial charge in [0.2, 0.25) is 0 Å². The van der Waals surface area contributed by atoms with Crippen molar-refractivity contribution in [3.63, 3.8) is 0 Å². The van der Waals surface area contributed by atoms with Crippen LogP contribution in [0.5, 0.6) is 5.75 Å². The van der Waals surface area contributed by atoms with Crippen molar-refractivity contribution in [1.29, 1.82) is 0 Å². The fraction of sp³-hybridized carbons (Fsp3) is 0.300. The second kappa shape index (κ2) is 8.51. The quantitative estimate of drug-likeness (QED) is 0.461. The van der Waals surface area contributed by atoms with Gasteiger partial charge in [-0.05, 0) is 35.2 Å². The topological polar surface area (TPSA) is 108 Å². The van der Waals surface area contributed by atoms with Crippen LogP contribution in [0.4, 0.5) is 11.4 Å². The first-order valence-electron chi connectivity index (χ1n) is 8.52. The molecule has 0 saturated carbocycles. The summed E-state index contributed by atoms with van der Waals surface area (Å²) in [6.07, 6.45) is 0. The Kier molecular flexibility index (Phi) is 6.35. The minimum absolute atomic E-state index is 0.000939. The zero-order chi connectivity index (χ0) is 20.9. The molecule has 2 rings (SSSR count). The molecule has 0 radical (unpaired) electrons. The molecule has 0 bridgehead atoms. The smallest absolute Gasteiger partial charge is 0.338 e. The number of nitro groups is 1. The summed E-state index contributed by atoms with van der Waals surface area (Å²) >= 11 is 0. The number of nitrogens with zero attached hydrogens (tertiary/aromatic N) is 1. The van der Waals surface area contributed by atoms with Gasteiger partial charge in [-0.3, -0.25) is 14.9 Å². The molecule has 1 N–H and O–H groups in total. The van der Waals surface area contributed by atoms with Crippen LogP contribution in [-0.2, 0) is 14.9 Å². The van der Waals surface area contributed by atoms with Crippen molar-refractivity contribution in [3.8, 4) is 5.75 Å². The zero-order valence-corrected chi connectivity index (χ0v) is 16.1. The van der Waals surface area contributed by atoms with Gasteiger partial charge < -0.3 is 14.8 Å². The number of hydrogen-bond acceptors (Lipinski definition) is 6. The highest BCUT2D eigenvalue weighted by atomic mass is 16.6. The molecule has 148 valence electrons. The van der Waals surface area contributed by atoms with E-state index in [0.717, 1.165) is 11.6 Å². The first-order valence-corrected chi connectivity index (χ1v) is 8.52. The van der Waals surface area contributed by atoms with Crippen LogP contribution in [0.1, 0.15) is 36.7 Å². The SMILES string of the molecule is COC(=O)c1ccc(OCC(=O)Nc2ccc(C(C)(C)C)cc2)c([N+](=O)[O-])c1. The summed E-state index contributed by atoms with van der Waals surface area (Å²) in [5.74, 6) is -1.28. The maximum Gasteiger partial charge on any atom is 0.338 e. The van der Waals surface area contributed by atoms with Gasteiger partial charge in [0.15, 0.2) is 12.4 Å². The highest BCUT2D eigenvalue weighted by Crippen LogP contribution is 2.28. The lowest BCUT2D eigenvalue weighted by molar-refractivity contribution is -0.385. The number of ether oxygens (including phenoxy) is 2. The molecule has 28 heavy (non-hydrogen) atoms. The standard InChI is InChI=1S/C20H22N2O6/c1-20(2,3)14-6-8-15(9-7-14)21-18(23)12-28-17-10-5-13(19(24)27-4)11-16(17)22(25)26/h5-11H,12H2,1-4H3,(H,21,23). The number of esters is 1. The largest absolute Gasteiger partial charge is 0.477 e. The summed E-state index contributed by atoms with van der Waals surface area (Å²) in [6, 6.07) is 11.1. The molecular weight excluding hydrogens is 364 g/mol. The van der Waals surface area contributed by atoms with Gasteiger partial charge in [-0.1, -0.05) is 32.9 Å². The molecule has 0 heterocycles. The lowest BCUT2D eigenvalue weighted by Gasteiger charge is -2.19. The van der Waals surface area contributed by atoms with Crippen molar-refractivity contribution in [3.05, 3.63) is 63.7 Å². The number of carbonyl (C=O) groups is 2. The second-order valence-electron chi connectivity index (χ2n) is 7.10. The molecule has 0 saturated heterocycles. The fourth-order valence-corrected chi connectivity index (χ4v) is 2.42. The number of amides is 1. The third-order valence-electron chi connectivity index (χ3n) is 3.97. The maximum absolute atomic E-state index is 12.1. The van der Waals surface area contributed by atoms with Crippen LogP contribution < -0.4 is 10.1 Å². The normalized spacial score (nSPS) is 10.9. The van der Waals surface area contributed by atoms with E-state index in [-0.39, 0.29) is 16.7 Å². The first-order chi connectivity index (χ1) is 13.1. The number of nitro benzene ring substituents is 1. The van der Waals surface area contributed by atoms with E-state index < -0.39 is 29.1 Å². The average Bonchev–Trinajstić information content (AvgIpc) is 2.65. The van der Waals surface area contributed by atoms with Gasteiger partial charge in [0, 0.05) is 11.8 Å². The molecule has 0 aliphatic heterocycles.